The van der Waals surface area contributed by atoms with Gasteiger partial charge in [0, 0.05) is 16.8 Å². The Bertz CT molecular complexity index is 1080. The fraction of sp³-hybridized carbons (Fsp3) is 0. The maximum absolute atomic E-state index is 11.4. The normalized spacial score (nSPS) is 13.4. The third-order valence-electron chi connectivity index (χ3n) is 2.62. The molecule has 12 heteroatoms. The molecule has 0 spiro atoms. The number of hydrogen-bond donors (Lipinski definition) is 3. The lowest BCUT2D eigenvalue weighted by atomic mass is 10.1. The van der Waals surface area contributed by atoms with Crippen molar-refractivity contribution in [2.45, 2.75) is 14.7 Å². The second-order valence-electron chi connectivity index (χ2n) is 4.08. The van der Waals surface area contributed by atoms with Crippen LogP contribution < -0.4 is 0 Å². The summed E-state index contributed by atoms with van der Waals surface area (Å²) in [6, 6.07) is 6.21. The molecule has 2 aromatic carbocycles. The Kier molecular flexibility index (Phi) is 3.80. The average Bonchev–Trinajstić information content (AvgIpc) is 2.33. The summed E-state index contributed by atoms with van der Waals surface area (Å²) in [6.45, 7) is 0. The fourth-order valence-electron chi connectivity index (χ4n) is 1.87. The first-order valence-corrected chi connectivity index (χ1v) is 9.56. The van der Waals surface area contributed by atoms with Crippen LogP contribution in [0.2, 0.25) is 0 Å². The first-order valence-electron chi connectivity index (χ1n) is 5.24. The van der Waals surface area contributed by atoms with Gasteiger partial charge in [0.25, 0.3) is 30.4 Å². The molecule has 3 N–H and O–H groups in total. The molecule has 0 aliphatic rings. The van der Waals surface area contributed by atoms with Gasteiger partial charge in [0.15, 0.2) is 0 Å². The van der Waals surface area contributed by atoms with Crippen molar-refractivity contribution in [3.8, 4) is 0 Å². The first kappa shape index (κ1) is 16.8. The third kappa shape index (κ3) is 2.97. The number of rotatable bonds is 3. The minimum Gasteiger partial charge on any atom is -0.282 e. The van der Waals surface area contributed by atoms with E-state index in [9.17, 15) is 29.8 Å². The highest BCUT2D eigenvalue weighted by Gasteiger charge is 2.31. The number of benzene rings is 2. The number of hydrogen-bond acceptors (Lipinski definition) is 6. The predicted octanol–water partition coefficient (Wildman–Crippen LogP) is 0.380. The summed E-state index contributed by atoms with van der Waals surface area (Å²) in [4.78, 5) is -3.78. The van der Waals surface area contributed by atoms with Gasteiger partial charge in [0.05, 0.1) is 0 Å². The van der Waals surface area contributed by atoms with Gasteiger partial charge in [-0.2, -0.15) is 25.3 Å². The predicted molar refractivity (Wildman–Crippen MR) is 72.2 cm³/mol. The van der Waals surface area contributed by atoms with Crippen LogP contribution in [0.4, 0.5) is 0 Å². The first-order chi connectivity index (χ1) is 9.83. The SMILES string of the molecule is O=S(=O)(O)c1[c]c(S(=O)(=O)O)c2ccccc2c1S(=O)(=O)O. The van der Waals surface area contributed by atoms with Crippen LogP contribution in [-0.2, 0) is 30.4 Å². The van der Waals surface area contributed by atoms with Gasteiger partial charge in [-0.25, -0.2) is 0 Å². The lowest BCUT2D eigenvalue weighted by Crippen LogP contribution is -2.12. The summed E-state index contributed by atoms with van der Waals surface area (Å²) in [7, 11) is -15.4. The largest absolute Gasteiger partial charge is 0.296 e. The van der Waals surface area contributed by atoms with Gasteiger partial charge in [-0.05, 0) is 0 Å². The molecular formula is C10H7O9S3. The molecule has 0 aromatic heterocycles. The van der Waals surface area contributed by atoms with Crippen LogP contribution in [0.5, 0.6) is 0 Å². The highest BCUT2D eigenvalue weighted by atomic mass is 32.2. The average molecular weight is 367 g/mol. The van der Waals surface area contributed by atoms with E-state index in [0.29, 0.717) is 0 Å². The lowest BCUT2D eigenvalue weighted by Gasteiger charge is -2.11. The molecule has 9 nitrogen and oxygen atoms in total. The summed E-state index contributed by atoms with van der Waals surface area (Å²) in [5.41, 5.74) is 0. The Morgan fingerprint density at radius 1 is 0.682 bits per heavy atom. The zero-order valence-corrected chi connectivity index (χ0v) is 12.8. The molecule has 0 saturated carbocycles. The lowest BCUT2D eigenvalue weighted by molar-refractivity contribution is 0.466. The summed E-state index contributed by atoms with van der Waals surface area (Å²) >= 11 is 0. The topological polar surface area (TPSA) is 163 Å². The van der Waals surface area contributed by atoms with Crippen LogP contribution in [0.15, 0.2) is 39.0 Å². The van der Waals surface area contributed by atoms with E-state index in [-0.39, 0.29) is 0 Å². The minimum atomic E-state index is -5.26. The van der Waals surface area contributed by atoms with E-state index in [1.165, 1.54) is 12.1 Å². The molecule has 0 atom stereocenters. The molecule has 2 aromatic rings. The minimum absolute atomic E-state index is 0.398. The highest BCUT2D eigenvalue weighted by Crippen LogP contribution is 2.34. The Balaban J connectivity index is 3.28. The molecule has 0 fully saturated rings. The molecule has 0 bridgehead atoms. The molecule has 0 aliphatic heterocycles. The van der Waals surface area contributed by atoms with Gasteiger partial charge in [-0.1, -0.05) is 24.3 Å². The van der Waals surface area contributed by atoms with E-state index in [1.54, 1.807) is 6.07 Å². The van der Waals surface area contributed by atoms with Crippen molar-refractivity contribution >= 4 is 41.1 Å². The van der Waals surface area contributed by atoms with Crippen molar-refractivity contribution in [3.63, 3.8) is 0 Å². The number of fused-ring (bicyclic) bond motifs is 1. The summed E-state index contributed by atoms with van der Waals surface area (Å²) in [5.74, 6) is 0. The van der Waals surface area contributed by atoms with Crippen molar-refractivity contribution in [2.75, 3.05) is 0 Å². The van der Waals surface area contributed by atoms with Crippen LogP contribution in [0.3, 0.4) is 0 Å². The highest BCUT2D eigenvalue weighted by molar-refractivity contribution is 7.89. The Morgan fingerprint density at radius 3 is 1.55 bits per heavy atom. The standard InChI is InChI=1S/C10H7O9S3/c11-20(12,13)8-5-9(21(14,15)16)10(22(17,18)19)7-4-2-1-3-6(7)8/h1-4H,(H,11,12,13)(H,14,15,16)(H,17,18,19). The third-order valence-corrected chi connectivity index (χ3v) is 5.35. The van der Waals surface area contributed by atoms with Crippen molar-refractivity contribution < 1.29 is 38.9 Å². The molecular weight excluding hydrogens is 360 g/mol. The van der Waals surface area contributed by atoms with Crippen molar-refractivity contribution in [3.05, 3.63) is 30.3 Å². The second-order valence-corrected chi connectivity index (χ2v) is 8.16. The molecule has 2 rings (SSSR count). The molecule has 1 radical (unpaired) electrons. The van der Waals surface area contributed by atoms with Crippen LogP contribution >= 0.6 is 0 Å². The maximum Gasteiger partial charge on any atom is 0.296 e. The molecule has 119 valence electrons. The van der Waals surface area contributed by atoms with E-state index in [0.717, 1.165) is 12.1 Å². The summed E-state index contributed by atoms with van der Waals surface area (Å²) < 4.78 is 95.5. The molecule has 0 aliphatic carbocycles. The van der Waals surface area contributed by atoms with Gasteiger partial charge >= 0.3 is 0 Å². The van der Waals surface area contributed by atoms with Crippen molar-refractivity contribution in [1.29, 1.82) is 0 Å². The molecule has 0 heterocycles. The van der Waals surface area contributed by atoms with E-state index in [4.69, 9.17) is 9.11 Å². The van der Waals surface area contributed by atoms with E-state index in [2.05, 4.69) is 0 Å². The Morgan fingerprint density at radius 2 is 1.14 bits per heavy atom. The van der Waals surface area contributed by atoms with E-state index in [1.807, 2.05) is 0 Å². The van der Waals surface area contributed by atoms with Gasteiger partial charge in [-0.3, -0.25) is 13.7 Å². The smallest absolute Gasteiger partial charge is 0.282 e. The van der Waals surface area contributed by atoms with Gasteiger partial charge in [0.1, 0.15) is 14.7 Å². The van der Waals surface area contributed by atoms with Crippen LogP contribution in [0.25, 0.3) is 10.8 Å². The zero-order valence-electron chi connectivity index (χ0n) is 10.3. The fourth-order valence-corrected chi connectivity index (χ4v) is 4.57. The van der Waals surface area contributed by atoms with E-state index >= 15 is 0 Å². The molecule has 0 saturated heterocycles. The quantitative estimate of drug-likeness (QED) is 0.650. The molecule has 22 heavy (non-hydrogen) atoms. The van der Waals surface area contributed by atoms with Gasteiger partial charge < -0.3 is 0 Å². The van der Waals surface area contributed by atoms with Gasteiger partial charge in [-0.15, -0.1) is 0 Å². The van der Waals surface area contributed by atoms with Crippen LogP contribution in [-0.4, -0.2) is 38.9 Å². The maximum atomic E-state index is 11.4. The Labute approximate surface area is 125 Å². The van der Waals surface area contributed by atoms with E-state index < -0.39 is 55.8 Å². The Hall–Kier alpha value is -1.57. The van der Waals surface area contributed by atoms with Crippen LogP contribution in [0, 0.1) is 6.07 Å². The zero-order chi connectivity index (χ0) is 16.9. The monoisotopic (exact) mass is 367 g/mol. The molecule has 0 unspecified atom stereocenters. The summed E-state index contributed by atoms with van der Waals surface area (Å²) in [5, 5.41) is -0.922. The van der Waals surface area contributed by atoms with Crippen molar-refractivity contribution in [1.82, 2.24) is 0 Å². The molecule has 0 amide bonds. The second kappa shape index (κ2) is 4.97. The van der Waals surface area contributed by atoms with Crippen LogP contribution in [0.1, 0.15) is 0 Å². The van der Waals surface area contributed by atoms with Crippen molar-refractivity contribution in [2.24, 2.45) is 0 Å². The summed E-state index contributed by atoms with van der Waals surface area (Å²) in [6.07, 6.45) is 0. The van der Waals surface area contributed by atoms with Gasteiger partial charge in [0.2, 0.25) is 0 Å².